The van der Waals surface area contributed by atoms with E-state index in [2.05, 4.69) is 30.4 Å². The van der Waals surface area contributed by atoms with E-state index < -0.39 is 0 Å². The third-order valence-electron chi connectivity index (χ3n) is 4.50. The van der Waals surface area contributed by atoms with Crippen molar-refractivity contribution in [3.05, 3.63) is 66.2 Å². The molecule has 4 aromatic heterocycles. The Morgan fingerprint density at radius 3 is 2.89 bits per heavy atom. The highest BCUT2D eigenvalue weighted by atomic mass is 16.3. The number of H-pyrrole nitrogens is 1. The number of aliphatic hydroxyl groups excluding tert-OH is 1. The lowest BCUT2D eigenvalue weighted by atomic mass is 10.1. The van der Waals surface area contributed by atoms with E-state index in [0.29, 0.717) is 11.8 Å². The van der Waals surface area contributed by atoms with E-state index in [1.54, 1.807) is 10.7 Å². The number of aryl methyl sites for hydroxylation is 1. The largest absolute Gasteiger partial charge is 0.388 e. The lowest BCUT2D eigenvalue weighted by molar-refractivity contribution is 0.273. The molecule has 1 aromatic carbocycles. The van der Waals surface area contributed by atoms with Gasteiger partial charge < -0.3 is 15.4 Å². The number of imidazole rings is 1. The Kier molecular flexibility index (Phi) is 3.77. The van der Waals surface area contributed by atoms with Crippen molar-refractivity contribution in [3.63, 3.8) is 0 Å². The van der Waals surface area contributed by atoms with Crippen LogP contribution in [0.2, 0.25) is 0 Å². The molecule has 142 valence electrons. The average Bonchev–Trinajstić information content (AvgIpc) is 3.31. The summed E-state index contributed by atoms with van der Waals surface area (Å²) in [6, 6.07) is 15.6. The van der Waals surface area contributed by atoms with E-state index in [1.165, 1.54) is 0 Å². The van der Waals surface area contributed by atoms with Gasteiger partial charge in [0.25, 0.3) is 0 Å². The van der Waals surface area contributed by atoms with Gasteiger partial charge in [-0.25, -0.2) is 9.50 Å². The third kappa shape index (κ3) is 2.85. The molecule has 0 fully saturated rings. The number of aromatic nitrogens is 6. The molecule has 0 spiro atoms. The molecule has 5 aromatic rings. The van der Waals surface area contributed by atoms with Gasteiger partial charge >= 0.3 is 0 Å². The number of benzene rings is 1. The van der Waals surface area contributed by atoms with E-state index in [0.717, 1.165) is 39.3 Å². The van der Waals surface area contributed by atoms with Crippen LogP contribution in [0.15, 0.2) is 54.7 Å². The molecule has 0 aliphatic rings. The Hall–Kier alpha value is -3.78. The van der Waals surface area contributed by atoms with Gasteiger partial charge in [0.15, 0.2) is 5.65 Å². The minimum atomic E-state index is -0.119. The van der Waals surface area contributed by atoms with Crippen LogP contribution in [-0.4, -0.2) is 34.7 Å². The number of pyridine rings is 2. The highest BCUT2D eigenvalue weighted by molar-refractivity contribution is 5.81. The van der Waals surface area contributed by atoms with Gasteiger partial charge in [-0.3, -0.25) is 4.98 Å². The Bertz CT molecular complexity index is 1300. The molecule has 0 aliphatic heterocycles. The zero-order valence-corrected chi connectivity index (χ0v) is 15.1. The quantitative estimate of drug-likeness (QED) is 0.442. The molecule has 0 amide bonds. The van der Waals surface area contributed by atoms with Crippen LogP contribution in [0.3, 0.4) is 0 Å². The fourth-order valence-corrected chi connectivity index (χ4v) is 3.14. The van der Waals surface area contributed by atoms with Gasteiger partial charge in [-0.1, -0.05) is 12.1 Å². The summed E-state index contributed by atoms with van der Waals surface area (Å²) in [6.07, 6.45) is 1.76. The highest BCUT2D eigenvalue weighted by Crippen LogP contribution is 2.25. The van der Waals surface area contributed by atoms with Crippen LogP contribution in [0.4, 0.5) is 11.6 Å². The summed E-state index contributed by atoms with van der Waals surface area (Å²) in [5.74, 6) is 1.05. The highest BCUT2D eigenvalue weighted by Gasteiger charge is 2.11. The van der Waals surface area contributed by atoms with E-state index in [-0.39, 0.29) is 9.46 Å². The van der Waals surface area contributed by atoms with Crippen molar-refractivity contribution in [3.8, 4) is 11.3 Å². The van der Waals surface area contributed by atoms with E-state index in [4.69, 9.17) is 0 Å². The zero-order valence-electron chi connectivity index (χ0n) is 15.1. The summed E-state index contributed by atoms with van der Waals surface area (Å²) >= 11 is 0. The van der Waals surface area contributed by atoms with Crippen LogP contribution in [0.25, 0.3) is 27.9 Å². The third-order valence-corrected chi connectivity index (χ3v) is 4.50. The van der Waals surface area contributed by atoms with Gasteiger partial charge in [0.1, 0.15) is 12.4 Å². The second kappa shape index (κ2) is 6.43. The summed E-state index contributed by atoms with van der Waals surface area (Å²) in [5.41, 5.74) is 6.08. The first kappa shape index (κ1) is 16.4. The van der Waals surface area contributed by atoms with Crippen LogP contribution in [0.5, 0.6) is 0 Å². The molecule has 28 heavy (non-hydrogen) atoms. The van der Waals surface area contributed by atoms with E-state index in [1.807, 2.05) is 55.5 Å². The van der Waals surface area contributed by atoms with Crippen molar-refractivity contribution in [1.29, 1.82) is 0 Å². The number of aliphatic hydroxyl groups is 1. The Morgan fingerprint density at radius 2 is 2.07 bits per heavy atom. The number of hydrogen-bond acceptors (Lipinski definition) is 6. The second-order valence-electron chi connectivity index (χ2n) is 6.50. The summed E-state index contributed by atoms with van der Waals surface area (Å²) in [6.45, 7) is 1.82. The monoisotopic (exact) mass is 375 g/mol. The first-order valence-corrected chi connectivity index (χ1v) is 8.85. The maximum absolute atomic E-state index is 9.28. The molecule has 5 rings (SSSR count). The fraction of sp³-hybridized carbons (Fsp3) is 0.100. The van der Waals surface area contributed by atoms with Crippen LogP contribution >= 0.6 is 0 Å². The molecule has 0 saturated carbocycles. The van der Waals surface area contributed by atoms with Gasteiger partial charge in [0.2, 0.25) is 5.95 Å². The second-order valence-corrected chi connectivity index (χ2v) is 6.50. The topological polar surface area (TPSA) is 104 Å². The minimum Gasteiger partial charge on any atom is -0.388 e. The molecule has 0 aliphatic carbocycles. The summed E-state index contributed by atoms with van der Waals surface area (Å²) < 4.78 is 1.80. The molecule has 0 unspecified atom stereocenters. The van der Waals surface area contributed by atoms with Crippen molar-refractivity contribution < 1.29 is 7.96 Å². The van der Waals surface area contributed by atoms with Gasteiger partial charge in [-0.05, 0) is 43.3 Å². The van der Waals surface area contributed by atoms with Crippen molar-refractivity contribution in [1.82, 2.24) is 29.5 Å². The van der Waals surface area contributed by atoms with Crippen LogP contribution < -0.4 is 5.32 Å². The number of hydrogen-bond donors (Lipinski definition) is 3. The van der Waals surface area contributed by atoms with Crippen molar-refractivity contribution in [2.24, 2.45) is 0 Å². The van der Waals surface area contributed by atoms with Gasteiger partial charge in [-0.2, -0.15) is 4.98 Å². The van der Waals surface area contributed by atoms with E-state index in [9.17, 15) is 5.11 Å². The number of rotatable bonds is 4. The fourth-order valence-electron chi connectivity index (χ4n) is 3.14. The number of nitrogens with one attached hydrogen (secondary N) is 2. The standard InChI is InChI=1S/C20H17N7O.2H2/c1-12-5-7-14(10-21-12)22-20-25-19-4-2-3-17(27(19)26-20)13-6-8-15-16(9-13)24-18(11-28)23-15;;/h2-10,28H,11H2,1H3,(H,22,26)(H,23,24);2*1H. The minimum absolute atomic E-state index is 0. The first-order chi connectivity index (χ1) is 13.7. The van der Waals surface area contributed by atoms with Crippen LogP contribution in [0, 0.1) is 6.92 Å². The summed E-state index contributed by atoms with van der Waals surface area (Å²) in [5, 5.41) is 17.1. The van der Waals surface area contributed by atoms with Gasteiger partial charge in [0, 0.05) is 14.1 Å². The number of fused-ring (bicyclic) bond motifs is 2. The van der Waals surface area contributed by atoms with Crippen LogP contribution in [-0.2, 0) is 6.61 Å². The molecule has 8 nitrogen and oxygen atoms in total. The number of nitrogens with zero attached hydrogens (tertiary/aromatic N) is 5. The van der Waals surface area contributed by atoms with Gasteiger partial charge in [-0.15, -0.1) is 5.10 Å². The average molecular weight is 375 g/mol. The summed E-state index contributed by atoms with van der Waals surface area (Å²) in [4.78, 5) is 16.3. The van der Waals surface area contributed by atoms with E-state index >= 15 is 0 Å². The maximum atomic E-state index is 9.28. The number of anilines is 2. The van der Waals surface area contributed by atoms with Crippen LogP contribution in [0.1, 0.15) is 14.4 Å². The summed E-state index contributed by atoms with van der Waals surface area (Å²) in [7, 11) is 0. The maximum Gasteiger partial charge on any atom is 0.247 e. The predicted molar refractivity (Wildman–Crippen MR) is 110 cm³/mol. The molecule has 0 atom stereocenters. The SMILES string of the molecule is Cc1ccc(Nc2nc3cccc(-c4ccc5nc(CO)[nH]c5c4)n3n2)cn1.[HH].[HH]. The Balaban J connectivity index is 0.00000128. The predicted octanol–water partition coefficient (Wildman–Crippen LogP) is 3.70. The molecule has 3 N–H and O–H groups in total. The first-order valence-electron chi connectivity index (χ1n) is 8.85. The number of aromatic amines is 1. The Labute approximate surface area is 162 Å². The zero-order chi connectivity index (χ0) is 19.1. The van der Waals surface area contributed by atoms with Crippen molar-refractivity contribution >= 4 is 28.3 Å². The lowest BCUT2D eigenvalue weighted by Crippen LogP contribution is -1.96. The van der Waals surface area contributed by atoms with Gasteiger partial charge in [0.05, 0.1) is 28.6 Å². The molecular formula is C20H21N7O. The molecule has 0 saturated heterocycles. The molecule has 4 heterocycles. The molecule has 0 bridgehead atoms. The van der Waals surface area contributed by atoms with Crippen molar-refractivity contribution in [2.45, 2.75) is 13.5 Å². The molecular weight excluding hydrogens is 354 g/mol. The Morgan fingerprint density at radius 1 is 1.14 bits per heavy atom. The van der Waals surface area contributed by atoms with Crippen molar-refractivity contribution in [2.75, 3.05) is 5.32 Å². The smallest absolute Gasteiger partial charge is 0.247 e. The normalized spacial score (nSPS) is 11.4. The lowest BCUT2D eigenvalue weighted by Gasteiger charge is -2.04. The molecule has 0 radical (unpaired) electrons. The molecule has 8 heteroatoms.